The number of aromatic hydroxyl groups is 3. The number of rotatable bonds is 21. The molecule has 0 radical (unpaired) electrons. The number of phenolic OH excluding ortho intramolecular Hbond substituents is 3. The quantitative estimate of drug-likeness (QED) is 0.0235. The Morgan fingerprint density at radius 1 is 0.368 bits per heavy atom. The molecule has 11 aromatic carbocycles. The predicted molar refractivity (Wildman–Crippen MR) is 476 cm³/mol. The van der Waals surface area contributed by atoms with Crippen LogP contribution < -0.4 is 60.2 Å². The van der Waals surface area contributed by atoms with Gasteiger partial charge in [-0.2, -0.15) is 0 Å². The van der Waals surface area contributed by atoms with E-state index in [0.717, 1.165) is 80.2 Å². The monoisotopic (exact) mass is 1570 g/mol. The Morgan fingerprint density at radius 3 is 1.27 bits per heavy atom. The summed E-state index contributed by atoms with van der Waals surface area (Å²) in [7, 11) is 4.03. The van der Waals surface area contributed by atoms with Crippen molar-refractivity contribution in [2.45, 2.75) is 73.5 Å². The third kappa shape index (κ3) is 44.3. The van der Waals surface area contributed by atoms with Gasteiger partial charge in [-0.1, -0.05) is 146 Å². The van der Waals surface area contributed by atoms with Gasteiger partial charge in [-0.25, -0.2) is 0 Å². The summed E-state index contributed by atoms with van der Waals surface area (Å²) in [5, 5.41) is 109. The van der Waals surface area contributed by atoms with Crippen molar-refractivity contribution in [1.82, 2.24) is 0 Å². The topological polar surface area (TPSA) is 447 Å². The number of anilines is 11. The molecule has 0 aliphatic carbocycles. The van der Waals surface area contributed by atoms with Gasteiger partial charge in [-0.3, -0.25) is 0 Å². The van der Waals surface area contributed by atoms with Crippen molar-refractivity contribution >= 4 is 62.6 Å². The van der Waals surface area contributed by atoms with E-state index in [9.17, 15) is 0 Å². The first-order valence-corrected chi connectivity index (χ1v) is 37.4. The molecular formula is C91H127N11O12. The number of nitrogen functional groups attached to an aromatic ring is 7. The molecular weight excluding hydrogens is 1440 g/mol. The number of aryl methyl sites for hydroxylation is 3. The van der Waals surface area contributed by atoms with Crippen molar-refractivity contribution in [2.75, 3.05) is 153 Å². The van der Waals surface area contributed by atoms with Gasteiger partial charge in [-0.15, -0.1) is 0 Å². The largest absolute Gasteiger partial charge is 0.508 e. The normalized spacial score (nSPS) is 9.97. The minimum Gasteiger partial charge on any atom is -0.508 e. The number of nitrogens with two attached hydrogens (primary N) is 7. The number of para-hydroxylation sites is 5. The lowest BCUT2D eigenvalue weighted by atomic mass is 10.1. The minimum absolute atomic E-state index is 0.0213. The molecule has 27 N–H and O–H groups in total. The highest BCUT2D eigenvalue weighted by Gasteiger charge is 2.06. The number of phenols is 3. The molecule has 0 aliphatic rings. The van der Waals surface area contributed by atoms with E-state index < -0.39 is 6.10 Å². The van der Waals surface area contributed by atoms with Crippen molar-refractivity contribution < 1.29 is 61.3 Å². The molecule has 0 fully saturated rings. The fraction of sp³-hybridized carbons (Fsp3) is 0.275. The summed E-state index contributed by atoms with van der Waals surface area (Å²) >= 11 is 0. The smallest absolute Gasteiger partial charge is 0.138 e. The molecule has 114 heavy (non-hydrogen) atoms. The van der Waals surface area contributed by atoms with Crippen LogP contribution >= 0.6 is 0 Å². The van der Waals surface area contributed by atoms with Crippen LogP contribution in [0.15, 0.2) is 261 Å². The second-order valence-corrected chi connectivity index (χ2v) is 25.6. The van der Waals surface area contributed by atoms with Crippen LogP contribution in [0, 0.1) is 27.7 Å². The molecule has 0 aromatic heterocycles. The summed E-state index contributed by atoms with van der Waals surface area (Å²) < 4.78 is 0. The summed E-state index contributed by atoms with van der Waals surface area (Å²) in [6.07, 6.45) is 1.67. The Kier molecular flexibility index (Phi) is 53.6. The molecule has 0 aliphatic heterocycles. The number of likely N-dealkylation sites (N-methyl/N-ethyl adjacent to an activating group) is 1. The van der Waals surface area contributed by atoms with Crippen LogP contribution in [-0.4, -0.2) is 154 Å². The first kappa shape index (κ1) is 100. The van der Waals surface area contributed by atoms with Crippen LogP contribution in [-0.2, 0) is 25.9 Å². The SMILES string of the molecule is CC(O)c1cccc(N)c1.CCN(CCO)c1ccccc1.CN(C)c1ccc(CCO)cc1.Cc1c(N)cccc1O.Cc1ccc(N)c(O)c1.Cc1ccc(O)c(N)c1.Cc1cccc(CO)c1N.Nc1ccc(CCO)cc1.Nc1ccccc1CCO.OCCN(CCO)c1ccccc1.OCCNc1ccccc1. The fourth-order valence-corrected chi connectivity index (χ4v) is 9.69. The summed E-state index contributed by atoms with van der Waals surface area (Å²) in [5.74, 6) is 0.575. The Morgan fingerprint density at radius 2 is 0.842 bits per heavy atom. The molecule has 23 heteroatoms. The van der Waals surface area contributed by atoms with Crippen molar-refractivity contribution in [3.8, 4) is 17.2 Å². The standard InChI is InChI=1S/C10H15NO2.2C10H15NO.5C8H11NO.3C7H9NO/c12-8-6-11(7-9-13)10-4-2-1-3-5-10;1-11(2)10-5-3-9(4-6-10)7-8-12;1-2-11(8-9-12)10-6-4-3-5-7-10;1-6(10)7-3-2-4-8(9)5-7;1-6-3-2-4-7(5-10)8(6)9;9-8-3-1-7(2-4-8)5-6-10;9-8-4-2-1-3-7(8)5-6-10;10-7-6-9-8-4-2-1-3-5-8;1-5-2-3-7(9)6(8)4-5;1-5-2-3-6(8)7(9)4-5;1-5-6(8)3-2-4-7(5)9/h1-5,12-13H,6-9H2;3-6,12H,7-8H2,1-2H3;3-7,12H,2,8-9H2,1H3;2-6,10H,9H2,1H3;2-4,10H,5,9H2,1H3;2*1-4,10H,5-6,9H2;1-5,9-10H,6-7H2;3*2-4,9H,8H2,1H3. The molecule has 0 spiro atoms. The molecule has 0 saturated heterocycles. The summed E-state index contributed by atoms with van der Waals surface area (Å²) in [6.45, 7) is 15.9. The van der Waals surface area contributed by atoms with Crippen molar-refractivity contribution in [2.24, 2.45) is 0 Å². The van der Waals surface area contributed by atoms with Gasteiger partial charge in [-0.05, 0) is 215 Å². The van der Waals surface area contributed by atoms with Crippen LogP contribution in [0.3, 0.4) is 0 Å². The highest BCUT2D eigenvalue weighted by molar-refractivity contribution is 5.56. The van der Waals surface area contributed by atoms with E-state index in [1.54, 1.807) is 68.4 Å². The van der Waals surface area contributed by atoms with Crippen molar-refractivity contribution in [3.05, 3.63) is 311 Å². The first-order valence-electron chi connectivity index (χ1n) is 37.4. The number of aliphatic hydroxyl groups excluding tert-OH is 9. The Balaban J connectivity index is 0.000000628. The highest BCUT2D eigenvalue weighted by atomic mass is 16.3. The number of hydrogen-bond donors (Lipinski definition) is 20. The molecule has 0 saturated carbocycles. The van der Waals surface area contributed by atoms with Crippen LogP contribution in [0.1, 0.15) is 70.0 Å². The molecule has 1 unspecified atom stereocenters. The third-order valence-corrected chi connectivity index (χ3v) is 16.3. The van der Waals surface area contributed by atoms with Crippen LogP contribution in [0.4, 0.5) is 62.6 Å². The predicted octanol–water partition coefficient (Wildman–Crippen LogP) is 12.2. The van der Waals surface area contributed by atoms with Gasteiger partial charge >= 0.3 is 0 Å². The van der Waals surface area contributed by atoms with Gasteiger partial charge in [0.25, 0.3) is 0 Å². The second kappa shape index (κ2) is 60.9. The third-order valence-electron chi connectivity index (χ3n) is 16.3. The fourth-order valence-electron chi connectivity index (χ4n) is 9.69. The van der Waals surface area contributed by atoms with E-state index in [1.807, 2.05) is 222 Å². The van der Waals surface area contributed by atoms with Gasteiger partial charge in [0.2, 0.25) is 0 Å². The Hall–Kier alpha value is -11.7. The van der Waals surface area contributed by atoms with Crippen LogP contribution in [0.2, 0.25) is 0 Å². The molecule has 0 amide bonds. The van der Waals surface area contributed by atoms with E-state index >= 15 is 0 Å². The van der Waals surface area contributed by atoms with E-state index in [-0.39, 0.29) is 70.1 Å². The van der Waals surface area contributed by atoms with Crippen molar-refractivity contribution in [3.63, 3.8) is 0 Å². The molecule has 0 heterocycles. The average molecular weight is 1570 g/mol. The molecule has 1 atom stereocenters. The number of hydrogen-bond acceptors (Lipinski definition) is 23. The van der Waals surface area contributed by atoms with Crippen LogP contribution in [0.25, 0.3) is 0 Å². The van der Waals surface area contributed by atoms with Gasteiger partial charge < -0.3 is 121 Å². The Bertz CT molecular complexity index is 4150. The lowest BCUT2D eigenvalue weighted by Crippen LogP contribution is -2.29. The molecule has 618 valence electrons. The lowest BCUT2D eigenvalue weighted by Gasteiger charge is -2.22. The van der Waals surface area contributed by atoms with Gasteiger partial charge in [0.1, 0.15) is 17.2 Å². The lowest BCUT2D eigenvalue weighted by molar-refractivity contribution is 0.199. The molecule has 23 nitrogen and oxygen atoms in total. The second-order valence-electron chi connectivity index (χ2n) is 25.6. The average Bonchev–Trinajstić information content (AvgIpc) is 0.909. The maximum Gasteiger partial charge on any atom is 0.138 e. The zero-order valence-corrected chi connectivity index (χ0v) is 67.5. The molecule has 0 bridgehead atoms. The Labute approximate surface area is 675 Å². The summed E-state index contributed by atoms with van der Waals surface area (Å²) in [5.41, 5.74) is 56.1. The van der Waals surface area contributed by atoms with Gasteiger partial charge in [0.15, 0.2) is 0 Å². The van der Waals surface area contributed by atoms with E-state index in [0.29, 0.717) is 67.5 Å². The van der Waals surface area contributed by atoms with Crippen LogP contribution in [0.5, 0.6) is 17.2 Å². The maximum atomic E-state index is 9.09. The molecule has 11 rings (SSSR count). The maximum absolute atomic E-state index is 9.09. The van der Waals surface area contributed by atoms with Gasteiger partial charge in [0, 0.05) is 129 Å². The summed E-state index contributed by atoms with van der Waals surface area (Å²) in [4.78, 5) is 6.14. The minimum atomic E-state index is -0.427. The highest BCUT2D eigenvalue weighted by Crippen LogP contribution is 2.23. The van der Waals surface area contributed by atoms with E-state index in [4.69, 9.17) is 101 Å². The summed E-state index contributed by atoms with van der Waals surface area (Å²) in [6, 6.07) is 81.3. The number of nitrogens with zero attached hydrogens (tertiary/aromatic N) is 3. The van der Waals surface area contributed by atoms with E-state index in [1.165, 1.54) is 16.9 Å². The van der Waals surface area contributed by atoms with E-state index in [2.05, 4.69) is 46.3 Å². The number of nitrogens with one attached hydrogen (secondary N) is 1. The zero-order chi connectivity index (χ0) is 85.0. The molecule has 11 aromatic rings. The number of benzene rings is 11. The van der Waals surface area contributed by atoms with Gasteiger partial charge in [0.05, 0.1) is 50.5 Å². The number of aliphatic hydroxyl groups is 9. The first-order chi connectivity index (χ1) is 54.7. The van der Waals surface area contributed by atoms with Crippen molar-refractivity contribution in [1.29, 1.82) is 0 Å². The zero-order valence-electron chi connectivity index (χ0n) is 67.5.